The van der Waals surface area contributed by atoms with E-state index >= 15 is 0 Å². The molecule has 0 unspecified atom stereocenters. The Morgan fingerprint density at radius 1 is 1.33 bits per heavy atom. The van der Waals surface area contributed by atoms with E-state index < -0.39 is 11.0 Å². The maximum atomic E-state index is 8.59. The molecule has 0 bridgehead atoms. The van der Waals surface area contributed by atoms with Crippen molar-refractivity contribution in [3.8, 4) is 0 Å². The van der Waals surface area contributed by atoms with Gasteiger partial charge in [0.25, 0.3) is 11.0 Å². The van der Waals surface area contributed by atoms with Crippen molar-refractivity contribution >= 4 is 11.0 Å². The fourth-order valence-corrected chi connectivity index (χ4v) is 0. The largest absolute Gasteiger partial charge is 1.00 e. The summed E-state index contributed by atoms with van der Waals surface area (Å²) in [5.74, 6) is 0. The van der Waals surface area contributed by atoms with Gasteiger partial charge in [0.1, 0.15) is 0 Å². The average Bonchev–Trinajstić information content (AvgIpc) is 0.811. The van der Waals surface area contributed by atoms with E-state index in [1.807, 2.05) is 0 Å². The molecule has 0 rings (SSSR count). The molecule has 3 nitrogen and oxygen atoms in total. The number of halogens is 1. The molecule has 6 heteroatoms. The molecule has 0 fully saturated rings. The maximum Gasteiger partial charge on any atom is 1.00 e. The summed E-state index contributed by atoms with van der Waals surface area (Å²) in [6, 6.07) is 0. The maximum absolute atomic E-state index is 8.59. The third kappa shape index (κ3) is 63.7. The van der Waals surface area contributed by atoms with Gasteiger partial charge in [0.2, 0.25) is 0 Å². The van der Waals surface area contributed by atoms with Gasteiger partial charge < -0.3 is 12.4 Å². The van der Waals surface area contributed by atoms with Gasteiger partial charge in [-0.15, -0.1) is 0 Å². The Morgan fingerprint density at radius 2 is 1.33 bits per heavy atom. The van der Waals surface area contributed by atoms with Crippen LogP contribution in [-0.4, -0.2) is 13.0 Å². The van der Waals surface area contributed by atoms with Crippen molar-refractivity contribution in [2.24, 2.45) is 0 Å². The molecule has 0 aromatic heterocycles. The molecule has 34 valence electrons. The molecule has 0 aliphatic rings. The van der Waals surface area contributed by atoms with Crippen LogP contribution in [0.2, 0.25) is 0 Å². The smallest absolute Gasteiger partial charge is 1.00 e. The second-order valence-electron chi connectivity index (χ2n) is 0.238. The number of thiol groups is 1. The predicted octanol–water partition coefficient (Wildman–Crippen LogP) is -6.92. The minimum Gasteiger partial charge on any atom is -1.00 e. The first-order valence-electron chi connectivity index (χ1n) is 0.565. The molecule has 0 saturated heterocycles. The Morgan fingerprint density at radius 3 is 1.33 bits per heavy atom. The van der Waals surface area contributed by atoms with Crippen molar-refractivity contribution in [3.63, 3.8) is 0 Å². The standard InChI is InChI=1S/ClH.Na.H2O3S/c;;1-4(2)3/h1H;;4H,(H,1,2,3)/q;+1;/p-1. The molecule has 0 saturated carbocycles. The second-order valence-corrected chi connectivity index (χ2v) is 0.714. The molecule has 0 amide bonds. The first-order valence-corrected chi connectivity index (χ1v) is 1.70. The summed E-state index contributed by atoms with van der Waals surface area (Å²) in [4.78, 5) is 0. The van der Waals surface area contributed by atoms with Crippen molar-refractivity contribution in [2.75, 3.05) is 0 Å². The summed E-state index contributed by atoms with van der Waals surface area (Å²) in [5, 5.41) is 0. The summed E-state index contributed by atoms with van der Waals surface area (Å²) in [6.07, 6.45) is 0. The van der Waals surface area contributed by atoms with E-state index in [9.17, 15) is 0 Å². The number of hydrogen-bond acceptors (Lipinski definition) is 2. The quantitative estimate of drug-likeness (QED) is 0.200. The van der Waals surface area contributed by atoms with Crippen LogP contribution < -0.4 is 42.0 Å². The molecule has 0 aliphatic carbocycles. The Balaban J connectivity index is -0.0000000450. The SMILES string of the molecule is O=[SH](=O)O.[Cl-].[Na+]. The van der Waals surface area contributed by atoms with Gasteiger partial charge in [0.05, 0.1) is 0 Å². The molecule has 0 heterocycles. The van der Waals surface area contributed by atoms with Crippen molar-refractivity contribution < 1.29 is 54.9 Å². The van der Waals surface area contributed by atoms with Gasteiger partial charge in [-0.1, -0.05) is 0 Å². The molecule has 0 spiro atoms. The molecule has 0 atom stereocenters. The topological polar surface area (TPSA) is 54.4 Å². The van der Waals surface area contributed by atoms with Gasteiger partial charge in [-0.3, -0.25) is 4.55 Å². The van der Waals surface area contributed by atoms with E-state index in [0.717, 1.165) is 0 Å². The molecule has 0 radical (unpaired) electrons. The van der Waals surface area contributed by atoms with Crippen LogP contribution in [0.3, 0.4) is 0 Å². The van der Waals surface area contributed by atoms with Crippen LogP contribution in [0.5, 0.6) is 0 Å². The summed E-state index contributed by atoms with van der Waals surface area (Å²) in [6.45, 7) is 0. The first-order chi connectivity index (χ1) is 1.73. The summed E-state index contributed by atoms with van der Waals surface area (Å²) >= 11 is 0. The monoisotopic (exact) mass is 140 g/mol. The van der Waals surface area contributed by atoms with Gasteiger partial charge in [0.15, 0.2) is 0 Å². The minimum absolute atomic E-state index is 0. The van der Waals surface area contributed by atoms with Crippen LogP contribution in [0.4, 0.5) is 0 Å². The van der Waals surface area contributed by atoms with Crippen LogP contribution in [0.1, 0.15) is 0 Å². The Hall–Kier alpha value is 1.20. The van der Waals surface area contributed by atoms with Crippen molar-refractivity contribution in [2.45, 2.75) is 0 Å². The molecular weight excluding hydrogens is 139 g/mol. The number of rotatable bonds is 0. The first kappa shape index (κ1) is 15.7. The second kappa shape index (κ2) is 9.50. The van der Waals surface area contributed by atoms with Crippen LogP contribution in [0.15, 0.2) is 0 Å². The van der Waals surface area contributed by atoms with E-state index in [-0.39, 0.29) is 42.0 Å². The summed E-state index contributed by atoms with van der Waals surface area (Å²) < 4.78 is 24.2. The van der Waals surface area contributed by atoms with Crippen molar-refractivity contribution in [3.05, 3.63) is 0 Å². The third-order valence-electron chi connectivity index (χ3n) is 0. The third-order valence-corrected chi connectivity index (χ3v) is 0. The fourth-order valence-electron chi connectivity index (χ4n) is 0. The van der Waals surface area contributed by atoms with Crippen LogP contribution >= 0.6 is 0 Å². The molecule has 0 aliphatic heterocycles. The Kier molecular flexibility index (Phi) is 24.9. The van der Waals surface area contributed by atoms with Gasteiger partial charge in [-0.2, -0.15) is 0 Å². The molecule has 6 heavy (non-hydrogen) atoms. The molecule has 0 aromatic rings. The Labute approximate surface area is 65.6 Å². The van der Waals surface area contributed by atoms with E-state index in [1.54, 1.807) is 0 Å². The van der Waals surface area contributed by atoms with Crippen LogP contribution in [-0.2, 0) is 11.0 Å². The van der Waals surface area contributed by atoms with Gasteiger partial charge in [-0.25, -0.2) is 8.42 Å². The molecule has 0 aromatic carbocycles. The van der Waals surface area contributed by atoms with Crippen molar-refractivity contribution in [1.29, 1.82) is 0 Å². The van der Waals surface area contributed by atoms with Gasteiger partial charge >= 0.3 is 29.6 Å². The van der Waals surface area contributed by atoms with E-state index in [2.05, 4.69) is 0 Å². The zero-order valence-electron chi connectivity index (χ0n) is 3.09. The van der Waals surface area contributed by atoms with Crippen LogP contribution in [0, 0.1) is 0 Å². The average molecular weight is 141 g/mol. The summed E-state index contributed by atoms with van der Waals surface area (Å²) in [5.41, 5.74) is 0. The van der Waals surface area contributed by atoms with Crippen LogP contribution in [0.25, 0.3) is 0 Å². The van der Waals surface area contributed by atoms with E-state index in [1.165, 1.54) is 0 Å². The zero-order valence-corrected chi connectivity index (χ0v) is 6.74. The molecular formula is H2ClNaO3S. The number of hydrogen-bond donors (Lipinski definition) is 2. The zero-order chi connectivity index (χ0) is 3.58. The molecule has 1 N–H and O–H groups in total. The van der Waals surface area contributed by atoms with Gasteiger partial charge in [-0.05, 0) is 0 Å². The Bertz CT molecular complexity index is 59.2. The minimum atomic E-state index is -3.12. The fraction of sp³-hybridized carbons (Fsp3) is 0. The van der Waals surface area contributed by atoms with Crippen molar-refractivity contribution in [1.82, 2.24) is 0 Å². The van der Waals surface area contributed by atoms with E-state index in [0.29, 0.717) is 0 Å². The predicted molar refractivity (Wildman–Crippen MR) is 12.9 cm³/mol. The van der Waals surface area contributed by atoms with E-state index in [4.69, 9.17) is 13.0 Å². The summed E-state index contributed by atoms with van der Waals surface area (Å²) in [7, 11) is -3.12. The normalized spacial score (nSPS) is 5.67. The van der Waals surface area contributed by atoms with Gasteiger partial charge in [0, 0.05) is 0 Å².